The number of nitrogens with zero attached hydrogens (tertiary/aromatic N) is 5. The molecule has 7 nitrogen and oxygen atoms in total. The number of benzene rings is 1. The molecule has 1 aromatic carbocycles. The third-order valence-electron chi connectivity index (χ3n) is 6.77. The van der Waals surface area contributed by atoms with Gasteiger partial charge in [0.2, 0.25) is 5.91 Å². The number of fused-ring (bicyclic) bond motifs is 1. The molecule has 1 saturated carbocycles. The van der Waals surface area contributed by atoms with Crippen molar-refractivity contribution in [2.45, 2.75) is 51.5 Å². The topological polar surface area (TPSA) is 83.5 Å². The molecule has 170 valence electrons. The Morgan fingerprint density at radius 3 is 2.82 bits per heavy atom. The summed E-state index contributed by atoms with van der Waals surface area (Å²) in [5, 5.41) is 15.0. The Balaban J connectivity index is 1.21. The van der Waals surface area contributed by atoms with Gasteiger partial charge in [-0.15, -0.1) is 0 Å². The van der Waals surface area contributed by atoms with Crippen molar-refractivity contribution in [3.05, 3.63) is 64.9 Å². The first-order chi connectivity index (χ1) is 16.0. The van der Waals surface area contributed by atoms with Crippen molar-refractivity contribution in [1.29, 1.82) is 5.26 Å². The number of pyridine rings is 1. The van der Waals surface area contributed by atoms with Crippen molar-refractivity contribution in [1.82, 2.24) is 19.7 Å². The molecule has 5 rings (SSSR count). The van der Waals surface area contributed by atoms with Crippen LogP contribution in [0.2, 0.25) is 0 Å². The summed E-state index contributed by atoms with van der Waals surface area (Å²) in [7, 11) is 0. The van der Waals surface area contributed by atoms with E-state index < -0.39 is 5.82 Å². The van der Waals surface area contributed by atoms with Crippen LogP contribution in [-0.4, -0.2) is 32.2 Å². The van der Waals surface area contributed by atoms with Gasteiger partial charge in [-0.2, -0.15) is 10.4 Å². The summed E-state index contributed by atoms with van der Waals surface area (Å²) in [5.74, 6) is 0.691. The normalized spacial score (nSPS) is 23.1. The largest absolute Gasteiger partial charge is 0.272 e. The lowest BCUT2D eigenvalue weighted by Gasteiger charge is -2.32. The molecular weight excluding hydrogens is 421 g/mol. The van der Waals surface area contributed by atoms with Gasteiger partial charge in [0, 0.05) is 18.5 Å². The van der Waals surface area contributed by atoms with Crippen LogP contribution in [0, 0.1) is 35.9 Å². The van der Waals surface area contributed by atoms with Crippen LogP contribution in [-0.2, 0) is 16.1 Å². The molecule has 33 heavy (non-hydrogen) atoms. The number of hydroxylamine groups is 2. The summed E-state index contributed by atoms with van der Waals surface area (Å²) in [4.78, 5) is 23.3. The lowest BCUT2D eigenvalue weighted by Crippen LogP contribution is -2.36. The first-order valence-corrected chi connectivity index (χ1v) is 11.5. The summed E-state index contributed by atoms with van der Waals surface area (Å²) in [6, 6.07) is 9.98. The predicted molar refractivity (Wildman–Crippen MR) is 118 cm³/mol. The number of aromatic nitrogens is 3. The number of amides is 1. The van der Waals surface area contributed by atoms with Crippen LogP contribution in [0.4, 0.5) is 4.39 Å². The van der Waals surface area contributed by atoms with Crippen molar-refractivity contribution >= 4 is 11.6 Å². The molecule has 3 aromatic rings. The van der Waals surface area contributed by atoms with Gasteiger partial charge >= 0.3 is 0 Å². The van der Waals surface area contributed by atoms with E-state index in [9.17, 15) is 9.18 Å². The third-order valence-corrected chi connectivity index (χ3v) is 6.77. The van der Waals surface area contributed by atoms with E-state index in [1.54, 1.807) is 6.07 Å². The molecule has 2 fully saturated rings. The second kappa shape index (κ2) is 8.91. The quantitative estimate of drug-likeness (QED) is 0.595. The van der Waals surface area contributed by atoms with E-state index in [0.29, 0.717) is 24.5 Å². The molecule has 0 bridgehead atoms. The van der Waals surface area contributed by atoms with Gasteiger partial charge < -0.3 is 0 Å². The van der Waals surface area contributed by atoms with E-state index in [0.717, 1.165) is 43.6 Å². The molecule has 3 heterocycles. The minimum Gasteiger partial charge on any atom is -0.272 e. The highest BCUT2D eigenvalue weighted by Gasteiger charge is 2.37. The third kappa shape index (κ3) is 4.46. The number of carbonyl (C=O) groups excluding carboxylic acids is 1. The fourth-order valence-corrected chi connectivity index (χ4v) is 5.14. The van der Waals surface area contributed by atoms with Gasteiger partial charge in [0.1, 0.15) is 11.6 Å². The van der Waals surface area contributed by atoms with Crippen molar-refractivity contribution in [3.63, 3.8) is 0 Å². The molecule has 1 aliphatic heterocycles. The van der Waals surface area contributed by atoms with Crippen LogP contribution in [0.5, 0.6) is 0 Å². The maximum Gasteiger partial charge on any atom is 0.249 e. The van der Waals surface area contributed by atoms with Crippen molar-refractivity contribution in [2.24, 2.45) is 11.8 Å². The van der Waals surface area contributed by atoms with E-state index in [2.05, 4.69) is 16.1 Å². The fraction of sp³-hybridized carbons (Fsp3) is 0.440. The Kier molecular flexibility index (Phi) is 5.81. The molecule has 0 radical (unpaired) electrons. The smallest absolute Gasteiger partial charge is 0.249 e. The van der Waals surface area contributed by atoms with Gasteiger partial charge in [0.25, 0.3) is 0 Å². The molecule has 0 spiro atoms. The SMILES string of the molecule is Cc1nc2ccc(C[C@H]3CC[C@H](C(=O)N4OCC[C@H]4c4cc(F)cc(C#N)c4)CC3)cn2n1. The zero-order chi connectivity index (χ0) is 22.9. The molecule has 0 N–H and O–H groups in total. The molecular formula is C25H26FN5O2. The van der Waals surface area contributed by atoms with Crippen LogP contribution >= 0.6 is 0 Å². The number of hydrogen-bond acceptors (Lipinski definition) is 5. The van der Waals surface area contributed by atoms with E-state index in [-0.39, 0.29) is 23.4 Å². The van der Waals surface area contributed by atoms with E-state index >= 15 is 0 Å². The van der Waals surface area contributed by atoms with Gasteiger partial charge in [-0.3, -0.25) is 9.63 Å². The van der Waals surface area contributed by atoms with E-state index in [1.807, 2.05) is 29.8 Å². The van der Waals surface area contributed by atoms with Gasteiger partial charge in [-0.25, -0.2) is 19.0 Å². The number of carbonyl (C=O) groups is 1. The van der Waals surface area contributed by atoms with Crippen LogP contribution < -0.4 is 0 Å². The first-order valence-electron chi connectivity index (χ1n) is 11.5. The summed E-state index contributed by atoms with van der Waals surface area (Å²) >= 11 is 0. The summed E-state index contributed by atoms with van der Waals surface area (Å²) in [5.41, 5.74) is 2.95. The molecule has 1 saturated heterocycles. The average Bonchev–Trinajstić information content (AvgIpc) is 3.44. The standard InChI is InChI=1S/C25H26FN5O2/c1-16-28-24-7-4-18(15-30(24)29-16)10-17-2-5-20(6-3-17)25(32)31-23(8-9-33-31)21-11-19(14-27)12-22(26)13-21/h4,7,11-13,15,17,20,23H,2-3,5-6,8-10H2,1H3/t17-,20-,23-/m0/s1. The van der Waals surface area contributed by atoms with Crippen molar-refractivity contribution < 1.29 is 14.0 Å². The lowest BCUT2D eigenvalue weighted by molar-refractivity contribution is -0.183. The highest BCUT2D eigenvalue weighted by atomic mass is 19.1. The Morgan fingerprint density at radius 1 is 1.21 bits per heavy atom. The van der Waals surface area contributed by atoms with Gasteiger partial charge in [0.15, 0.2) is 5.65 Å². The zero-order valence-electron chi connectivity index (χ0n) is 18.6. The van der Waals surface area contributed by atoms with Crippen LogP contribution in [0.3, 0.4) is 0 Å². The van der Waals surface area contributed by atoms with E-state index in [4.69, 9.17) is 10.1 Å². The fourth-order valence-electron chi connectivity index (χ4n) is 5.14. The van der Waals surface area contributed by atoms with Crippen LogP contribution in [0.25, 0.3) is 5.65 Å². The van der Waals surface area contributed by atoms with Gasteiger partial charge in [0.05, 0.1) is 24.3 Å². The number of nitriles is 1. The summed E-state index contributed by atoms with van der Waals surface area (Å²) in [6.07, 6.45) is 7.17. The second-order valence-corrected chi connectivity index (χ2v) is 9.11. The second-order valence-electron chi connectivity index (χ2n) is 9.11. The molecule has 2 aromatic heterocycles. The van der Waals surface area contributed by atoms with Gasteiger partial charge in [-0.05, 0) is 80.3 Å². The van der Waals surface area contributed by atoms with Gasteiger partial charge in [-0.1, -0.05) is 6.07 Å². The monoisotopic (exact) mass is 447 g/mol. The minimum absolute atomic E-state index is 0.0294. The average molecular weight is 448 g/mol. The maximum absolute atomic E-state index is 14.0. The minimum atomic E-state index is -0.469. The number of halogens is 1. The first kappa shape index (κ1) is 21.5. The van der Waals surface area contributed by atoms with Crippen LogP contribution in [0.15, 0.2) is 36.5 Å². The lowest BCUT2D eigenvalue weighted by atomic mass is 9.79. The number of aryl methyl sites for hydroxylation is 1. The van der Waals surface area contributed by atoms with Crippen molar-refractivity contribution in [2.75, 3.05) is 6.61 Å². The number of rotatable bonds is 4. The molecule has 1 atom stereocenters. The molecule has 1 amide bonds. The Bertz CT molecular complexity index is 1230. The highest BCUT2D eigenvalue weighted by molar-refractivity contribution is 5.78. The maximum atomic E-state index is 14.0. The Labute approximate surface area is 191 Å². The summed E-state index contributed by atoms with van der Waals surface area (Å²) in [6.45, 7) is 2.30. The molecule has 1 aliphatic carbocycles. The molecule has 2 aliphatic rings. The number of hydrogen-bond donors (Lipinski definition) is 0. The highest BCUT2D eigenvalue weighted by Crippen LogP contribution is 2.37. The van der Waals surface area contributed by atoms with Crippen LogP contribution in [0.1, 0.15) is 60.7 Å². The Morgan fingerprint density at radius 2 is 2.03 bits per heavy atom. The Hall–Kier alpha value is -3.31. The zero-order valence-corrected chi connectivity index (χ0v) is 18.6. The van der Waals surface area contributed by atoms with E-state index in [1.165, 1.54) is 22.8 Å². The molecule has 0 unspecified atom stereocenters. The summed E-state index contributed by atoms with van der Waals surface area (Å²) < 4.78 is 15.8. The van der Waals surface area contributed by atoms with Crippen molar-refractivity contribution in [3.8, 4) is 6.07 Å². The predicted octanol–water partition coefficient (Wildman–Crippen LogP) is 4.30. The molecule has 8 heteroatoms.